The quantitative estimate of drug-likeness (QED) is 0.261. The largest absolute Gasteiger partial charge is 0.453 e. The number of nitrogens with zero attached hydrogens (tertiary/aromatic N) is 1. The second-order valence-corrected chi connectivity index (χ2v) is 11.3. The van der Waals surface area contributed by atoms with Gasteiger partial charge in [-0.15, -0.1) is 0 Å². The van der Waals surface area contributed by atoms with Crippen molar-refractivity contribution < 1.29 is 19.4 Å². The summed E-state index contributed by atoms with van der Waals surface area (Å²) in [7, 11) is 1.39. The maximum atomic E-state index is 12.7. The van der Waals surface area contributed by atoms with Crippen LogP contribution in [-0.2, 0) is 9.47 Å². The van der Waals surface area contributed by atoms with Crippen molar-refractivity contribution in [2.24, 2.45) is 5.41 Å². The summed E-state index contributed by atoms with van der Waals surface area (Å²) >= 11 is 0. The normalized spacial score (nSPS) is 21.7. The first-order chi connectivity index (χ1) is 15.0. The Morgan fingerprint density at radius 1 is 0.938 bits per heavy atom. The second-order valence-electron chi connectivity index (χ2n) is 11.3. The molecule has 1 saturated heterocycles. The van der Waals surface area contributed by atoms with Gasteiger partial charge in [-0.2, -0.15) is 0 Å². The zero-order chi connectivity index (χ0) is 24.3. The van der Waals surface area contributed by atoms with Crippen LogP contribution in [0.15, 0.2) is 0 Å². The number of carbonyl (C=O) groups excluding carboxylic acids is 1. The molecule has 5 heteroatoms. The van der Waals surface area contributed by atoms with E-state index in [-0.39, 0.29) is 5.41 Å². The molecule has 0 aromatic carbocycles. The van der Waals surface area contributed by atoms with Crippen molar-refractivity contribution in [2.75, 3.05) is 13.7 Å². The van der Waals surface area contributed by atoms with E-state index in [1.165, 1.54) is 77.7 Å². The Balaban J connectivity index is 2.40. The van der Waals surface area contributed by atoms with E-state index in [1.54, 1.807) is 4.90 Å². The standard InChI is InChI=1S/C27H53NO4/c1-8-9-10-11-12-13-14-15-16-17-18-19-20-21-23(29)27(25(2,3)4)22-32-26(5,6)28(27)24(30)31-7/h23,29H,8-22H2,1-7H3/t23-,27?/m1/s1. The fraction of sp³-hybridized carbons (Fsp3) is 0.963. The molecule has 0 aromatic heterocycles. The molecule has 1 unspecified atom stereocenters. The summed E-state index contributed by atoms with van der Waals surface area (Å²) in [6.45, 7) is 12.5. The number of amides is 1. The summed E-state index contributed by atoms with van der Waals surface area (Å²) in [6.07, 6.45) is 16.5. The summed E-state index contributed by atoms with van der Waals surface area (Å²) in [5.74, 6) is 0. The molecule has 0 spiro atoms. The van der Waals surface area contributed by atoms with E-state index in [9.17, 15) is 9.90 Å². The lowest BCUT2D eigenvalue weighted by atomic mass is 9.68. The minimum absolute atomic E-state index is 0.318. The third-order valence-corrected chi connectivity index (χ3v) is 7.37. The first-order valence-electron chi connectivity index (χ1n) is 13.2. The predicted octanol–water partition coefficient (Wildman–Crippen LogP) is 7.45. The molecule has 0 bridgehead atoms. The van der Waals surface area contributed by atoms with Gasteiger partial charge in [-0.25, -0.2) is 4.79 Å². The lowest BCUT2D eigenvalue weighted by Gasteiger charge is -2.51. The molecule has 190 valence electrons. The van der Waals surface area contributed by atoms with Gasteiger partial charge < -0.3 is 14.6 Å². The molecule has 0 aromatic rings. The average molecular weight is 456 g/mol. The molecule has 1 rings (SSSR count). The topological polar surface area (TPSA) is 59.0 Å². The van der Waals surface area contributed by atoms with E-state index in [2.05, 4.69) is 27.7 Å². The Morgan fingerprint density at radius 2 is 1.38 bits per heavy atom. The zero-order valence-corrected chi connectivity index (χ0v) is 22.3. The number of rotatable bonds is 15. The number of hydrogen-bond acceptors (Lipinski definition) is 4. The van der Waals surface area contributed by atoms with Crippen LogP contribution in [0.25, 0.3) is 0 Å². The Labute approximate surface area is 198 Å². The Bertz CT molecular complexity index is 528. The molecular weight excluding hydrogens is 402 g/mol. The smallest absolute Gasteiger partial charge is 0.412 e. The maximum absolute atomic E-state index is 12.7. The third kappa shape index (κ3) is 7.90. The van der Waals surface area contributed by atoms with Gasteiger partial charge in [0.2, 0.25) is 0 Å². The van der Waals surface area contributed by atoms with E-state index in [0.717, 1.165) is 12.8 Å². The van der Waals surface area contributed by atoms with Crippen LogP contribution in [0.1, 0.15) is 131 Å². The molecule has 0 aliphatic carbocycles. The molecule has 1 heterocycles. The summed E-state index contributed by atoms with van der Waals surface area (Å²) in [4.78, 5) is 14.3. The number of unbranched alkanes of at least 4 members (excludes halogenated alkanes) is 12. The predicted molar refractivity (Wildman–Crippen MR) is 133 cm³/mol. The van der Waals surface area contributed by atoms with Crippen LogP contribution >= 0.6 is 0 Å². The van der Waals surface area contributed by atoms with E-state index >= 15 is 0 Å². The van der Waals surface area contributed by atoms with Gasteiger partial charge in [0.1, 0.15) is 11.3 Å². The molecule has 0 radical (unpaired) electrons. The third-order valence-electron chi connectivity index (χ3n) is 7.37. The SMILES string of the molecule is CCCCCCCCCCCCCCC[C@@H](O)C1(C(C)(C)C)COC(C)(C)N1C(=O)OC. The van der Waals surface area contributed by atoms with Gasteiger partial charge in [-0.1, -0.05) is 111 Å². The van der Waals surface area contributed by atoms with Crippen molar-refractivity contribution in [1.29, 1.82) is 0 Å². The molecule has 2 atom stereocenters. The lowest BCUT2D eigenvalue weighted by Crippen LogP contribution is -2.67. The fourth-order valence-electron chi connectivity index (χ4n) is 5.26. The van der Waals surface area contributed by atoms with Gasteiger partial charge in [0, 0.05) is 0 Å². The minimum Gasteiger partial charge on any atom is -0.453 e. The van der Waals surface area contributed by atoms with Crippen LogP contribution in [0.4, 0.5) is 4.79 Å². The van der Waals surface area contributed by atoms with Gasteiger partial charge in [0.05, 0.1) is 19.8 Å². The van der Waals surface area contributed by atoms with Crippen molar-refractivity contribution in [3.8, 4) is 0 Å². The van der Waals surface area contributed by atoms with Crippen LogP contribution in [0.3, 0.4) is 0 Å². The van der Waals surface area contributed by atoms with Crippen LogP contribution in [0.5, 0.6) is 0 Å². The molecule has 1 aliphatic rings. The van der Waals surface area contributed by atoms with Gasteiger partial charge in [0.25, 0.3) is 0 Å². The minimum atomic E-state index is -0.808. The average Bonchev–Trinajstić information content (AvgIpc) is 3.02. The maximum Gasteiger partial charge on any atom is 0.412 e. The Hall–Kier alpha value is -0.810. The highest BCUT2D eigenvalue weighted by molar-refractivity contribution is 5.70. The molecule has 0 saturated carbocycles. The zero-order valence-electron chi connectivity index (χ0n) is 22.3. The van der Waals surface area contributed by atoms with Crippen LogP contribution in [-0.4, -0.2) is 47.2 Å². The number of aliphatic hydroxyl groups excluding tert-OH is 1. The summed E-state index contributed by atoms with van der Waals surface area (Å²) in [5.41, 5.74) is -1.97. The number of aliphatic hydroxyl groups is 1. The number of ether oxygens (including phenoxy) is 2. The Kier molecular flexibility index (Phi) is 12.6. The highest BCUT2D eigenvalue weighted by Crippen LogP contribution is 2.49. The molecule has 5 nitrogen and oxygen atoms in total. The molecule has 32 heavy (non-hydrogen) atoms. The van der Waals surface area contributed by atoms with E-state index < -0.39 is 23.5 Å². The van der Waals surface area contributed by atoms with Crippen LogP contribution in [0, 0.1) is 5.41 Å². The van der Waals surface area contributed by atoms with E-state index in [1.807, 2.05) is 13.8 Å². The summed E-state index contributed by atoms with van der Waals surface area (Å²) in [6, 6.07) is 0. The van der Waals surface area contributed by atoms with Gasteiger partial charge in [-0.3, -0.25) is 4.90 Å². The number of hydrogen-bond donors (Lipinski definition) is 1. The van der Waals surface area contributed by atoms with Crippen LogP contribution in [0.2, 0.25) is 0 Å². The number of carbonyl (C=O) groups is 1. The molecular formula is C27H53NO4. The van der Waals surface area contributed by atoms with Gasteiger partial charge in [0.15, 0.2) is 0 Å². The van der Waals surface area contributed by atoms with Crippen LogP contribution < -0.4 is 0 Å². The highest BCUT2D eigenvalue weighted by atomic mass is 16.6. The summed E-state index contributed by atoms with van der Waals surface area (Å²) in [5, 5.41) is 11.3. The second kappa shape index (κ2) is 13.8. The van der Waals surface area contributed by atoms with Crippen molar-refractivity contribution in [3.05, 3.63) is 0 Å². The van der Waals surface area contributed by atoms with E-state index in [4.69, 9.17) is 9.47 Å². The molecule has 1 amide bonds. The lowest BCUT2D eigenvalue weighted by molar-refractivity contribution is -0.0963. The van der Waals surface area contributed by atoms with Gasteiger partial charge >= 0.3 is 6.09 Å². The highest BCUT2D eigenvalue weighted by Gasteiger charge is 2.63. The van der Waals surface area contributed by atoms with Crippen molar-refractivity contribution >= 4 is 6.09 Å². The first-order valence-corrected chi connectivity index (χ1v) is 13.2. The van der Waals surface area contributed by atoms with E-state index in [0.29, 0.717) is 13.0 Å². The van der Waals surface area contributed by atoms with Crippen molar-refractivity contribution in [3.63, 3.8) is 0 Å². The Morgan fingerprint density at radius 3 is 1.78 bits per heavy atom. The number of methoxy groups -OCH3 is 1. The monoisotopic (exact) mass is 455 g/mol. The molecule has 1 fully saturated rings. The summed E-state index contributed by atoms with van der Waals surface area (Å²) < 4.78 is 11.1. The fourth-order valence-corrected chi connectivity index (χ4v) is 5.26. The van der Waals surface area contributed by atoms with Gasteiger partial charge in [-0.05, 0) is 25.7 Å². The molecule has 1 aliphatic heterocycles. The molecule has 1 N–H and O–H groups in total. The van der Waals surface area contributed by atoms with Crippen molar-refractivity contribution in [2.45, 2.75) is 149 Å². The first kappa shape index (κ1) is 29.2. The van der Waals surface area contributed by atoms with Crippen molar-refractivity contribution in [1.82, 2.24) is 4.90 Å².